The largest absolute Gasteiger partial charge is 0.497 e. The van der Waals surface area contributed by atoms with Gasteiger partial charge in [0.25, 0.3) is 32.2 Å². The van der Waals surface area contributed by atoms with Crippen molar-refractivity contribution in [2.45, 2.75) is 45.4 Å². The van der Waals surface area contributed by atoms with Crippen molar-refractivity contribution < 1.29 is 47.2 Å². The van der Waals surface area contributed by atoms with Crippen LogP contribution in [0.1, 0.15) is 85.8 Å². The van der Waals surface area contributed by atoms with Gasteiger partial charge < -0.3 is 32.8 Å². The number of carbonyl (C=O) groups excluding carboxylic acids is 4. The molecule has 336 valence electrons. The summed E-state index contributed by atoms with van der Waals surface area (Å²) in [4.78, 5) is 60.3. The van der Waals surface area contributed by atoms with Crippen molar-refractivity contribution in [3.63, 3.8) is 0 Å². The molecule has 2 aliphatic rings. The number of imide groups is 2. The molecule has 5 aromatic carbocycles. The summed E-state index contributed by atoms with van der Waals surface area (Å²) in [6.07, 6.45) is 0. The molecule has 0 fully saturated rings. The summed E-state index contributed by atoms with van der Waals surface area (Å²) in [5, 5.41) is 0. The summed E-state index contributed by atoms with van der Waals surface area (Å²) >= 11 is 0. The molecule has 0 aromatic heterocycles. The summed E-state index contributed by atoms with van der Waals surface area (Å²) in [6, 6.07) is 34.3. The predicted molar refractivity (Wildman–Crippen MR) is 244 cm³/mol. The second-order valence-electron chi connectivity index (χ2n) is 15.7. The van der Waals surface area contributed by atoms with Gasteiger partial charge >= 0.3 is 0 Å². The van der Waals surface area contributed by atoms with Crippen LogP contribution in [0.4, 0.5) is 0 Å². The molecule has 0 N–H and O–H groups in total. The van der Waals surface area contributed by atoms with Gasteiger partial charge in [-0.1, -0.05) is 54.6 Å². The fourth-order valence-electron chi connectivity index (χ4n) is 8.09. The first-order chi connectivity index (χ1) is 31.4. The molecule has 0 saturated carbocycles. The van der Waals surface area contributed by atoms with E-state index in [-0.39, 0.29) is 85.3 Å². The second-order valence-corrected chi connectivity index (χ2v) is 17.2. The van der Waals surface area contributed by atoms with E-state index in [1.807, 2.05) is 107 Å². The molecule has 0 saturated heterocycles. The molecule has 1 unspecified atom stereocenters. The summed E-state index contributed by atoms with van der Waals surface area (Å²) in [5.41, 5.74) is 2.09. The van der Waals surface area contributed by atoms with Gasteiger partial charge in [-0.2, -0.15) is 0 Å². The van der Waals surface area contributed by atoms with E-state index in [1.54, 1.807) is 32.4 Å². The monoisotopic (exact) mass is 898 g/mol. The summed E-state index contributed by atoms with van der Waals surface area (Å²) < 4.78 is 38.1. The van der Waals surface area contributed by atoms with Crippen LogP contribution in [0.2, 0.25) is 0 Å². The van der Waals surface area contributed by atoms with E-state index < -0.39 is 37.8 Å². The zero-order valence-electron chi connectivity index (χ0n) is 37.2. The van der Waals surface area contributed by atoms with Gasteiger partial charge in [-0.25, -0.2) is 11.2 Å². The smallest absolute Gasteiger partial charge is 0.261 e. The number of amides is 4. The van der Waals surface area contributed by atoms with Crippen molar-refractivity contribution in [2.24, 2.45) is 0 Å². The molecule has 0 spiro atoms. The normalized spacial score (nSPS) is 14.0. The third kappa shape index (κ3) is 9.66. The highest BCUT2D eigenvalue weighted by molar-refractivity contribution is 7.44. The maximum absolute atomic E-state index is 13.9. The molecule has 2 heterocycles. The summed E-state index contributed by atoms with van der Waals surface area (Å²) in [6.45, 7) is 15.6. The lowest BCUT2D eigenvalue weighted by atomic mass is 9.80. The van der Waals surface area contributed by atoms with E-state index in [1.165, 1.54) is 18.2 Å². The maximum atomic E-state index is 13.9. The van der Waals surface area contributed by atoms with Gasteiger partial charge in [-0.3, -0.25) is 29.0 Å². The minimum absolute atomic E-state index is 0.00368. The average Bonchev–Trinajstić information content (AvgIpc) is 3.69. The predicted octanol–water partition coefficient (Wildman–Crippen LogP) is 8.99. The maximum Gasteiger partial charge on any atom is 0.261 e. The standard InChI is InChI=1S/C50H51N4O10P/c1-33(2)54(34(3)4)65(62-28-25-51-5)63-30-27-53-47(56)43-24-22-41(32-45(43)49(53)58)64-40-21-23-42-44(31-40)48(57)52(46(42)55)26-29-61-50(35-11-9-8-10-12-35,36-13-17-38(59-6)18-14-36)37-15-19-39(60-7)20-16-37/h8-24,31-34H,25-30H2,1-4,6-7H3. The van der Waals surface area contributed by atoms with Crippen LogP contribution in [0.25, 0.3) is 4.85 Å². The molecule has 65 heavy (non-hydrogen) atoms. The van der Waals surface area contributed by atoms with Crippen LogP contribution in [0.5, 0.6) is 23.0 Å². The second kappa shape index (κ2) is 20.6. The third-order valence-corrected chi connectivity index (χ3v) is 13.2. The van der Waals surface area contributed by atoms with Crippen LogP contribution < -0.4 is 14.2 Å². The fraction of sp³-hybridized carbons (Fsp3) is 0.300. The van der Waals surface area contributed by atoms with Crippen LogP contribution in [0.3, 0.4) is 0 Å². The highest BCUT2D eigenvalue weighted by Crippen LogP contribution is 2.46. The van der Waals surface area contributed by atoms with E-state index in [2.05, 4.69) is 9.52 Å². The van der Waals surface area contributed by atoms with Crippen LogP contribution in [-0.2, 0) is 19.4 Å². The lowest BCUT2D eigenvalue weighted by molar-refractivity contribution is 0.00334. The highest BCUT2D eigenvalue weighted by Gasteiger charge is 2.41. The molecular formula is C50H51N4O10P. The number of ether oxygens (including phenoxy) is 4. The number of methoxy groups -OCH3 is 2. The van der Waals surface area contributed by atoms with E-state index in [0.29, 0.717) is 11.5 Å². The Labute approximate surface area is 380 Å². The number of benzene rings is 5. The third-order valence-electron chi connectivity index (χ3n) is 11.1. The van der Waals surface area contributed by atoms with Crippen molar-refractivity contribution in [1.29, 1.82) is 0 Å². The lowest BCUT2D eigenvalue weighted by Gasteiger charge is -2.36. The first kappa shape index (κ1) is 46.5. The van der Waals surface area contributed by atoms with Crippen LogP contribution in [-0.4, -0.2) is 104 Å². The molecule has 14 nitrogen and oxygen atoms in total. The van der Waals surface area contributed by atoms with E-state index in [0.717, 1.165) is 26.5 Å². The quantitative estimate of drug-likeness (QED) is 0.0229. The first-order valence-corrected chi connectivity index (χ1v) is 22.4. The minimum Gasteiger partial charge on any atom is -0.497 e. The van der Waals surface area contributed by atoms with Gasteiger partial charge in [0, 0.05) is 12.1 Å². The Bertz CT molecular complexity index is 2510. The number of rotatable bonds is 21. The van der Waals surface area contributed by atoms with Crippen LogP contribution in [0.15, 0.2) is 115 Å². The highest BCUT2D eigenvalue weighted by atomic mass is 31.2. The molecule has 4 amide bonds. The van der Waals surface area contributed by atoms with Gasteiger partial charge in [-0.15, -0.1) is 0 Å². The van der Waals surface area contributed by atoms with Crippen molar-refractivity contribution in [2.75, 3.05) is 53.7 Å². The Kier molecular flexibility index (Phi) is 14.7. The van der Waals surface area contributed by atoms with Gasteiger partial charge in [0.15, 0.2) is 0 Å². The molecule has 5 aromatic rings. The average molecular weight is 899 g/mol. The fourth-order valence-corrected chi connectivity index (χ4v) is 9.66. The van der Waals surface area contributed by atoms with Gasteiger partial charge in [0.1, 0.15) is 35.2 Å². The number of carbonyl (C=O) groups is 4. The number of fused-ring (bicyclic) bond motifs is 2. The minimum atomic E-state index is -1.55. The Morgan fingerprint density at radius 2 is 1.00 bits per heavy atom. The zero-order valence-corrected chi connectivity index (χ0v) is 38.1. The van der Waals surface area contributed by atoms with Gasteiger partial charge in [0.2, 0.25) is 6.54 Å². The molecular weight excluding hydrogens is 848 g/mol. The molecule has 2 aliphatic heterocycles. The van der Waals surface area contributed by atoms with E-state index >= 15 is 0 Å². The van der Waals surface area contributed by atoms with Crippen molar-refractivity contribution in [1.82, 2.24) is 14.5 Å². The SMILES string of the molecule is [C-]#[N+]CCOP(OCCN1C(=O)c2ccc(Oc3ccc4c(c3)C(=O)N(CCOC(c3ccccc3)(c3ccc(OC)cc3)c3ccc(OC)cc3)C4=O)cc2C1=O)N(C(C)C)C(C)C. The van der Waals surface area contributed by atoms with E-state index in [9.17, 15) is 19.2 Å². The van der Waals surface area contributed by atoms with Gasteiger partial charge in [0.05, 0.1) is 62.8 Å². The Balaban J connectivity index is 1.04. The van der Waals surface area contributed by atoms with E-state index in [4.69, 9.17) is 34.6 Å². The summed E-state index contributed by atoms with van der Waals surface area (Å²) in [7, 11) is 1.66. The lowest BCUT2D eigenvalue weighted by Crippen LogP contribution is -2.38. The number of nitrogens with zero attached hydrogens (tertiary/aromatic N) is 4. The summed E-state index contributed by atoms with van der Waals surface area (Å²) in [5.74, 6) is -0.0404. The molecule has 15 heteroatoms. The van der Waals surface area contributed by atoms with Crippen LogP contribution in [0, 0.1) is 6.57 Å². The van der Waals surface area contributed by atoms with Crippen LogP contribution >= 0.6 is 8.53 Å². The first-order valence-electron chi connectivity index (χ1n) is 21.3. The Morgan fingerprint density at radius 3 is 1.46 bits per heavy atom. The Hall–Kier alpha value is -6.46. The number of hydrogen-bond acceptors (Lipinski definition) is 11. The molecule has 1 atom stereocenters. The topological polar surface area (TPSA) is 138 Å². The van der Waals surface area contributed by atoms with Crippen molar-refractivity contribution >= 4 is 32.2 Å². The Morgan fingerprint density at radius 1 is 0.569 bits per heavy atom. The molecule has 0 radical (unpaired) electrons. The molecule has 0 bridgehead atoms. The molecule has 7 rings (SSSR count). The van der Waals surface area contributed by atoms with Crippen molar-refractivity contribution in [3.8, 4) is 23.0 Å². The number of hydrogen-bond donors (Lipinski definition) is 0. The molecule has 0 aliphatic carbocycles. The van der Waals surface area contributed by atoms with Gasteiger partial charge in [-0.05, 0) is 105 Å². The van der Waals surface area contributed by atoms with Crippen molar-refractivity contribution in [3.05, 3.63) is 166 Å². The zero-order chi connectivity index (χ0) is 46.3.